The highest BCUT2D eigenvalue weighted by Crippen LogP contribution is 2.24. The average molecular weight is 300 g/mol. The van der Waals surface area contributed by atoms with E-state index in [1.165, 1.54) is 32.2 Å². The molecule has 0 bridgehead atoms. The topological polar surface area (TPSA) is 21.1 Å². The minimum atomic E-state index is 0.845. The number of rotatable bonds is 7. The van der Waals surface area contributed by atoms with Crippen LogP contribution in [0.1, 0.15) is 31.5 Å². The third-order valence-corrected chi connectivity index (χ3v) is 4.28. The molecule has 0 aromatic carbocycles. The lowest BCUT2D eigenvalue weighted by Crippen LogP contribution is -2.42. The first-order valence-electron chi connectivity index (χ1n) is 6.59. The van der Waals surface area contributed by atoms with E-state index in [4.69, 9.17) is 0 Å². The number of halogens is 1. The van der Waals surface area contributed by atoms with E-state index >= 15 is 0 Å². The van der Waals surface area contributed by atoms with Gasteiger partial charge in [0.1, 0.15) is 5.82 Å². The maximum atomic E-state index is 4.27. The fourth-order valence-electron chi connectivity index (χ4n) is 2.37. The number of imidazole rings is 1. The van der Waals surface area contributed by atoms with E-state index < -0.39 is 0 Å². The number of hydrogen-bond donors (Lipinski definition) is 0. The molecule has 0 amide bonds. The Morgan fingerprint density at radius 1 is 1.47 bits per heavy atom. The highest BCUT2D eigenvalue weighted by Gasteiger charge is 2.24. The highest BCUT2D eigenvalue weighted by molar-refractivity contribution is 9.09. The first kappa shape index (κ1) is 13.1. The van der Waals surface area contributed by atoms with Gasteiger partial charge in [-0.15, -0.1) is 0 Å². The second-order valence-corrected chi connectivity index (χ2v) is 5.62. The van der Waals surface area contributed by atoms with E-state index in [0.717, 1.165) is 30.3 Å². The van der Waals surface area contributed by atoms with Crippen molar-refractivity contribution >= 4 is 15.9 Å². The van der Waals surface area contributed by atoms with Gasteiger partial charge in [-0.3, -0.25) is 4.90 Å². The summed E-state index contributed by atoms with van der Waals surface area (Å²) < 4.78 is 2.25. The van der Waals surface area contributed by atoms with Crippen LogP contribution in [-0.4, -0.2) is 38.9 Å². The predicted octanol–water partition coefficient (Wildman–Crippen LogP) is 2.83. The molecule has 1 aromatic heterocycles. The van der Waals surface area contributed by atoms with E-state index in [9.17, 15) is 0 Å². The van der Waals surface area contributed by atoms with Crippen LogP contribution in [0.15, 0.2) is 12.4 Å². The third kappa shape index (κ3) is 3.55. The van der Waals surface area contributed by atoms with E-state index in [2.05, 4.69) is 43.5 Å². The lowest BCUT2D eigenvalue weighted by molar-refractivity contribution is 0.123. The third-order valence-electron chi connectivity index (χ3n) is 3.72. The van der Waals surface area contributed by atoms with Gasteiger partial charge in [0.15, 0.2) is 0 Å². The summed E-state index contributed by atoms with van der Waals surface area (Å²) in [6.45, 7) is 5.54. The van der Waals surface area contributed by atoms with Gasteiger partial charge >= 0.3 is 0 Å². The molecule has 2 rings (SSSR count). The molecule has 0 unspecified atom stereocenters. The molecule has 96 valence electrons. The smallest absolute Gasteiger partial charge is 0.105 e. The number of aryl methyl sites for hydroxylation is 1. The van der Waals surface area contributed by atoms with Crippen molar-refractivity contribution in [3.05, 3.63) is 18.2 Å². The molecule has 1 saturated carbocycles. The van der Waals surface area contributed by atoms with E-state index in [0.29, 0.717) is 0 Å². The first-order valence-corrected chi connectivity index (χ1v) is 7.71. The Morgan fingerprint density at radius 2 is 2.29 bits per heavy atom. The summed E-state index contributed by atoms with van der Waals surface area (Å²) in [4.78, 5) is 6.93. The van der Waals surface area contributed by atoms with Gasteiger partial charge in [-0.2, -0.15) is 0 Å². The average Bonchev–Trinajstić information content (AvgIpc) is 2.65. The summed E-state index contributed by atoms with van der Waals surface area (Å²) in [5.41, 5.74) is 0. The molecule has 1 aromatic rings. The fourth-order valence-corrected chi connectivity index (χ4v) is 2.62. The zero-order chi connectivity index (χ0) is 12.1. The van der Waals surface area contributed by atoms with Crippen LogP contribution in [0.5, 0.6) is 0 Å². The maximum Gasteiger partial charge on any atom is 0.105 e. The van der Waals surface area contributed by atoms with E-state index in [-0.39, 0.29) is 0 Å². The van der Waals surface area contributed by atoms with Crippen LogP contribution in [0.25, 0.3) is 0 Å². The molecule has 17 heavy (non-hydrogen) atoms. The number of aromatic nitrogens is 2. The quantitative estimate of drug-likeness (QED) is 0.722. The summed E-state index contributed by atoms with van der Waals surface area (Å²) in [5.74, 6) is 1.12. The molecule has 0 radical (unpaired) electrons. The lowest BCUT2D eigenvalue weighted by Gasteiger charge is -2.37. The summed E-state index contributed by atoms with van der Waals surface area (Å²) in [6.07, 6.45) is 9.43. The number of hydrogen-bond acceptors (Lipinski definition) is 2. The van der Waals surface area contributed by atoms with Crippen LogP contribution in [0.3, 0.4) is 0 Å². The zero-order valence-corrected chi connectivity index (χ0v) is 12.2. The van der Waals surface area contributed by atoms with Gasteiger partial charge in [0.05, 0.1) is 0 Å². The van der Waals surface area contributed by atoms with Crippen molar-refractivity contribution < 1.29 is 0 Å². The second kappa shape index (κ2) is 6.55. The number of nitrogens with zero attached hydrogens (tertiary/aromatic N) is 3. The monoisotopic (exact) mass is 299 g/mol. The lowest BCUT2D eigenvalue weighted by atomic mass is 9.91. The minimum absolute atomic E-state index is 0.845. The Balaban J connectivity index is 1.82. The molecule has 1 aliphatic carbocycles. The van der Waals surface area contributed by atoms with Gasteiger partial charge < -0.3 is 4.57 Å². The highest BCUT2D eigenvalue weighted by atomic mass is 79.9. The normalized spacial score (nSPS) is 16.4. The molecule has 1 aliphatic rings. The molecular formula is C13H22BrN3. The van der Waals surface area contributed by atoms with Crippen molar-refractivity contribution in [1.82, 2.24) is 14.5 Å². The largest absolute Gasteiger partial charge is 0.334 e. The predicted molar refractivity (Wildman–Crippen MR) is 74.6 cm³/mol. The van der Waals surface area contributed by atoms with Crippen LogP contribution < -0.4 is 0 Å². The molecule has 0 aliphatic heterocycles. The molecule has 4 heteroatoms. The van der Waals surface area contributed by atoms with Crippen molar-refractivity contribution in [2.75, 3.05) is 18.4 Å². The molecular weight excluding hydrogens is 278 g/mol. The van der Waals surface area contributed by atoms with Gasteiger partial charge in [0.25, 0.3) is 0 Å². The SMILES string of the molecule is Cc1nccn1CCN(CCCBr)C1CCC1. The molecule has 1 heterocycles. The van der Waals surface area contributed by atoms with E-state index in [1.54, 1.807) is 0 Å². The van der Waals surface area contributed by atoms with Crippen molar-refractivity contribution in [3.63, 3.8) is 0 Å². The first-order chi connectivity index (χ1) is 8.31. The van der Waals surface area contributed by atoms with Crippen LogP contribution in [0, 0.1) is 6.92 Å². The maximum absolute atomic E-state index is 4.27. The van der Waals surface area contributed by atoms with Gasteiger partial charge in [0.2, 0.25) is 0 Å². The molecule has 3 nitrogen and oxygen atoms in total. The van der Waals surface area contributed by atoms with Crippen molar-refractivity contribution in [3.8, 4) is 0 Å². The Hall–Kier alpha value is -0.350. The van der Waals surface area contributed by atoms with Crippen LogP contribution in [0.2, 0.25) is 0 Å². The second-order valence-electron chi connectivity index (χ2n) is 4.83. The zero-order valence-electron chi connectivity index (χ0n) is 10.6. The molecule has 0 atom stereocenters. The van der Waals surface area contributed by atoms with Gasteiger partial charge in [0, 0.05) is 36.9 Å². The Kier molecular flexibility index (Phi) is 5.04. The van der Waals surface area contributed by atoms with Crippen LogP contribution >= 0.6 is 15.9 Å². The Morgan fingerprint density at radius 3 is 2.82 bits per heavy atom. The Labute approximate surface area is 112 Å². The minimum Gasteiger partial charge on any atom is -0.334 e. The number of alkyl halides is 1. The van der Waals surface area contributed by atoms with Gasteiger partial charge in [-0.25, -0.2) is 4.98 Å². The molecule has 0 N–H and O–H groups in total. The Bertz CT molecular complexity index is 333. The summed E-state index contributed by atoms with van der Waals surface area (Å²) >= 11 is 3.53. The van der Waals surface area contributed by atoms with Gasteiger partial charge in [-0.05, 0) is 32.7 Å². The van der Waals surface area contributed by atoms with Crippen LogP contribution in [0.4, 0.5) is 0 Å². The molecule has 0 saturated heterocycles. The summed E-state index contributed by atoms with van der Waals surface area (Å²) in [5, 5.41) is 1.11. The molecule has 1 fully saturated rings. The summed E-state index contributed by atoms with van der Waals surface area (Å²) in [6, 6.07) is 0.845. The van der Waals surface area contributed by atoms with Crippen molar-refractivity contribution in [1.29, 1.82) is 0 Å². The fraction of sp³-hybridized carbons (Fsp3) is 0.769. The van der Waals surface area contributed by atoms with Crippen molar-refractivity contribution in [2.45, 2.75) is 45.2 Å². The van der Waals surface area contributed by atoms with E-state index in [1.807, 2.05) is 6.20 Å². The van der Waals surface area contributed by atoms with Crippen molar-refractivity contribution in [2.24, 2.45) is 0 Å². The van der Waals surface area contributed by atoms with Gasteiger partial charge in [-0.1, -0.05) is 22.4 Å². The van der Waals surface area contributed by atoms with Crippen LogP contribution in [-0.2, 0) is 6.54 Å². The molecule has 0 spiro atoms. The summed E-state index contributed by atoms with van der Waals surface area (Å²) in [7, 11) is 0. The standard InChI is InChI=1S/C13H22BrN3/c1-12-15-7-9-16(12)10-11-17(8-3-6-14)13-4-2-5-13/h7,9,13H,2-6,8,10-11H2,1H3.